The Kier molecular flexibility index (Phi) is 2.70. The molecule has 1 aliphatic carbocycles. The molecule has 86 valence electrons. The molecular weight excluding hydrogens is 196 g/mol. The topological polar surface area (TPSA) is 24.1 Å². The maximum absolute atomic E-state index is 3.64. The summed E-state index contributed by atoms with van der Waals surface area (Å²) >= 11 is 0. The standard InChI is InChI=1S/C14H20N2/c1-10-6-14(10)16-9-13-7-11-4-2-3-5-12(11)8-15-13/h2-5,10,13-16H,6-9H2,1H3. The minimum absolute atomic E-state index is 0.614. The van der Waals surface area contributed by atoms with Crippen molar-refractivity contribution < 1.29 is 0 Å². The molecule has 16 heavy (non-hydrogen) atoms. The predicted octanol–water partition coefficient (Wildman–Crippen LogP) is 1.70. The highest BCUT2D eigenvalue weighted by Crippen LogP contribution is 2.29. The van der Waals surface area contributed by atoms with Gasteiger partial charge in [0, 0.05) is 25.2 Å². The summed E-state index contributed by atoms with van der Waals surface area (Å²) < 4.78 is 0. The molecule has 0 amide bonds. The van der Waals surface area contributed by atoms with Gasteiger partial charge < -0.3 is 10.6 Å². The van der Waals surface area contributed by atoms with E-state index in [0.29, 0.717) is 6.04 Å². The molecule has 1 saturated carbocycles. The van der Waals surface area contributed by atoms with E-state index in [1.165, 1.54) is 24.0 Å². The van der Waals surface area contributed by atoms with Crippen LogP contribution in [-0.2, 0) is 13.0 Å². The Bertz CT molecular complexity index is 375. The van der Waals surface area contributed by atoms with Crippen LogP contribution in [0.1, 0.15) is 24.5 Å². The molecule has 0 bridgehead atoms. The number of hydrogen-bond donors (Lipinski definition) is 2. The third-order valence-corrected chi connectivity index (χ3v) is 3.90. The summed E-state index contributed by atoms with van der Waals surface area (Å²) in [5, 5.41) is 7.26. The van der Waals surface area contributed by atoms with Crippen LogP contribution < -0.4 is 10.6 Å². The van der Waals surface area contributed by atoms with Crippen molar-refractivity contribution in [2.75, 3.05) is 6.54 Å². The first-order chi connectivity index (χ1) is 7.83. The van der Waals surface area contributed by atoms with Gasteiger partial charge in [-0.05, 0) is 29.9 Å². The zero-order valence-electron chi connectivity index (χ0n) is 9.87. The largest absolute Gasteiger partial charge is 0.312 e. The van der Waals surface area contributed by atoms with Crippen LogP contribution in [0, 0.1) is 5.92 Å². The van der Waals surface area contributed by atoms with Crippen molar-refractivity contribution in [3.05, 3.63) is 35.4 Å². The number of hydrogen-bond acceptors (Lipinski definition) is 2. The highest BCUT2D eigenvalue weighted by molar-refractivity contribution is 5.29. The van der Waals surface area contributed by atoms with Gasteiger partial charge in [0.1, 0.15) is 0 Å². The summed E-state index contributed by atoms with van der Waals surface area (Å²) in [6.07, 6.45) is 2.54. The van der Waals surface area contributed by atoms with Crippen LogP contribution >= 0.6 is 0 Å². The number of nitrogens with one attached hydrogen (secondary N) is 2. The zero-order chi connectivity index (χ0) is 11.0. The first-order valence-corrected chi connectivity index (χ1v) is 6.36. The molecule has 1 heterocycles. The van der Waals surface area contributed by atoms with Crippen LogP contribution in [0.15, 0.2) is 24.3 Å². The third-order valence-electron chi connectivity index (χ3n) is 3.90. The number of rotatable bonds is 3. The van der Waals surface area contributed by atoms with Crippen LogP contribution in [0.25, 0.3) is 0 Å². The lowest BCUT2D eigenvalue weighted by Crippen LogP contribution is -2.43. The normalized spacial score (nSPS) is 32.2. The molecule has 0 radical (unpaired) electrons. The molecule has 1 aromatic rings. The van der Waals surface area contributed by atoms with Crippen molar-refractivity contribution in [1.29, 1.82) is 0 Å². The van der Waals surface area contributed by atoms with E-state index in [1.807, 2.05) is 0 Å². The third kappa shape index (κ3) is 2.13. The average Bonchev–Trinajstić information content (AvgIpc) is 3.03. The van der Waals surface area contributed by atoms with E-state index in [2.05, 4.69) is 41.8 Å². The Hall–Kier alpha value is -0.860. The van der Waals surface area contributed by atoms with E-state index >= 15 is 0 Å². The monoisotopic (exact) mass is 216 g/mol. The number of fused-ring (bicyclic) bond motifs is 1. The van der Waals surface area contributed by atoms with Crippen molar-refractivity contribution >= 4 is 0 Å². The Morgan fingerprint density at radius 2 is 2.06 bits per heavy atom. The van der Waals surface area contributed by atoms with Gasteiger partial charge in [0.2, 0.25) is 0 Å². The second kappa shape index (κ2) is 4.19. The maximum Gasteiger partial charge on any atom is 0.0236 e. The summed E-state index contributed by atoms with van der Waals surface area (Å²) in [6.45, 7) is 4.47. The van der Waals surface area contributed by atoms with Gasteiger partial charge in [-0.1, -0.05) is 31.2 Å². The summed E-state index contributed by atoms with van der Waals surface area (Å²) in [4.78, 5) is 0. The lowest BCUT2D eigenvalue weighted by Gasteiger charge is -2.26. The first-order valence-electron chi connectivity index (χ1n) is 6.36. The molecule has 1 fully saturated rings. The molecule has 3 atom stereocenters. The van der Waals surface area contributed by atoms with Gasteiger partial charge in [-0.15, -0.1) is 0 Å². The van der Waals surface area contributed by atoms with Gasteiger partial charge >= 0.3 is 0 Å². The SMILES string of the molecule is CC1CC1NCC1Cc2ccccc2CN1. The molecule has 2 N–H and O–H groups in total. The summed E-state index contributed by atoms with van der Waals surface area (Å²) in [6, 6.07) is 10.2. The minimum atomic E-state index is 0.614. The molecule has 2 heteroatoms. The van der Waals surface area contributed by atoms with Crippen molar-refractivity contribution in [2.45, 2.75) is 38.4 Å². The average molecular weight is 216 g/mol. The fraction of sp³-hybridized carbons (Fsp3) is 0.571. The van der Waals surface area contributed by atoms with Gasteiger partial charge in [0.25, 0.3) is 0 Å². The van der Waals surface area contributed by atoms with E-state index in [4.69, 9.17) is 0 Å². The fourth-order valence-electron chi connectivity index (χ4n) is 2.57. The van der Waals surface area contributed by atoms with Crippen molar-refractivity contribution in [3.63, 3.8) is 0 Å². The lowest BCUT2D eigenvalue weighted by molar-refractivity contribution is 0.443. The molecular formula is C14H20N2. The van der Waals surface area contributed by atoms with Crippen LogP contribution in [0.5, 0.6) is 0 Å². The number of benzene rings is 1. The Morgan fingerprint density at radius 1 is 1.31 bits per heavy atom. The predicted molar refractivity (Wildman–Crippen MR) is 66.3 cm³/mol. The summed E-state index contributed by atoms with van der Waals surface area (Å²) in [5.74, 6) is 0.899. The summed E-state index contributed by atoms with van der Waals surface area (Å²) in [5.41, 5.74) is 3.00. The van der Waals surface area contributed by atoms with E-state index < -0.39 is 0 Å². The lowest BCUT2D eigenvalue weighted by atomic mass is 9.96. The van der Waals surface area contributed by atoms with Gasteiger partial charge in [0.05, 0.1) is 0 Å². The van der Waals surface area contributed by atoms with Crippen molar-refractivity contribution in [3.8, 4) is 0 Å². The van der Waals surface area contributed by atoms with Gasteiger partial charge in [-0.25, -0.2) is 0 Å². The molecule has 1 aromatic carbocycles. The van der Waals surface area contributed by atoms with Crippen LogP contribution in [-0.4, -0.2) is 18.6 Å². The molecule has 0 aromatic heterocycles. The molecule has 1 aliphatic heterocycles. The molecule has 3 rings (SSSR count). The van der Waals surface area contributed by atoms with Crippen LogP contribution in [0.4, 0.5) is 0 Å². The Balaban J connectivity index is 1.56. The molecule has 0 spiro atoms. The first kappa shape index (κ1) is 10.3. The van der Waals surface area contributed by atoms with Gasteiger partial charge in [-0.2, -0.15) is 0 Å². The van der Waals surface area contributed by atoms with E-state index in [9.17, 15) is 0 Å². The molecule has 2 aliphatic rings. The van der Waals surface area contributed by atoms with Gasteiger partial charge in [-0.3, -0.25) is 0 Å². The summed E-state index contributed by atoms with van der Waals surface area (Å²) in [7, 11) is 0. The van der Waals surface area contributed by atoms with E-state index in [1.54, 1.807) is 0 Å². The second-order valence-electron chi connectivity index (χ2n) is 5.28. The van der Waals surface area contributed by atoms with Crippen LogP contribution in [0.3, 0.4) is 0 Å². The quantitative estimate of drug-likeness (QED) is 0.803. The Morgan fingerprint density at radius 3 is 2.81 bits per heavy atom. The highest BCUT2D eigenvalue weighted by Gasteiger charge is 2.32. The van der Waals surface area contributed by atoms with E-state index in [0.717, 1.165) is 25.0 Å². The molecule has 2 nitrogen and oxygen atoms in total. The second-order valence-corrected chi connectivity index (χ2v) is 5.28. The van der Waals surface area contributed by atoms with Crippen molar-refractivity contribution in [1.82, 2.24) is 10.6 Å². The highest BCUT2D eigenvalue weighted by atomic mass is 15.0. The van der Waals surface area contributed by atoms with Crippen LogP contribution in [0.2, 0.25) is 0 Å². The maximum atomic E-state index is 3.64. The minimum Gasteiger partial charge on any atom is -0.312 e. The smallest absolute Gasteiger partial charge is 0.0236 e. The van der Waals surface area contributed by atoms with Gasteiger partial charge in [0.15, 0.2) is 0 Å². The zero-order valence-corrected chi connectivity index (χ0v) is 9.87. The Labute approximate surface area is 97.4 Å². The van der Waals surface area contributed by atoms with Crippen molar-refractivity contribution in [2.24, 2.45) is 5.92 Å². The van der Waals surface area contributed by atoms with E-state index in [-0.39, 0.29) is 0 Å². The molecule has 0 saturated heterocycles. The molecule has 3 unspecified atom stereocenters. The fourth-order valence-corrected chi connectivity index (χ4v) is 2.57.